The topological polar surface area (TPSA) is 79.0 Å². The SMILES string of the molecule is COc1ccc(S(=O)(=O)NC2CCN(C(=O)c3ccc(N(C)C)cc3)CC2)cc1. The molecule has 1 fully saturated rings. The molecule has 1 N–H and O–H groups in total. The smallest absolute Gasteiger partial charge is 0.253 e. The molecule has 1 saturated heterocycles. The van der Waals surface area contributed by atoms with Gasteiger partial charge in [-0.15, -0.1) is 0 Å². The monoisotopic (exact) mass is 417 g/mol. The Morgan fingerprint density at radius 2 is 1.62 bits per heavy atom. The van der Waals surface area contributed by atoms with Crippen LogP contribution in [0.15, 0.2) is 53.4 Å². The van der Waals surface area contributed by atoms with Crippen LogP contribution in [0.5, 0.6) is 5.75 Å². The van der Waals surface area contributed by atoms with Crippen molar-refractivity contribution >= 4 is 21.6 Å². The first-order valence-electron chi connectivity index (χ1n) is 9.53. The van der Waals surface area contributed by atoms with Crippen molar-refractivity contribution in [3.8, 4) is 5.75 Å². The summed E-state index contributed by atoms with van der Waals surface area (Å²) in [5.74, 6) is 0.584. The summed E-state index contributed by atoms with van der Waals surface area (Å²) in [6.45, 7) is 1.04. The average molecular weight is 418 g/mol. The van der Waals surface area contributed by atoms with E-state index in [1.807, 2.05) is 43.3 Å². The third-order valence-corrected chi connectivity index (χ3v) is 6.64. The molecule has 1 amide bonds. The molecule has 1 aliphatic heterocycles. The van der Waals surface area contributed by atoms with Gasteiger partial charge in [-0.25, -0.2) is 13.1 Å². The van der Waals surface area contributed by atoms with Crippen molar-refractivity contribution < 1.29 is 17.9 Å². The fraction of sp³-hybridized carbons (Fsp3) is 0.381. The van der Waals surface area contributed by atoms with E-state index in [2.05, 4.69) is 4.72 Å². The standard InChI is InChI=1S/C21H27N3O4S/c1-23(2)18-6-4-16(5-7-18)21(25)24-14-12-17(13-15-24)22-29(26,27)20-10-8-19(28-3)9-11-20/h4-11,17,22H,12-15H2,1-3H3. The van der Waals surface area contributed by atoms with Gasteiger partial charge in [-0.3, -0.25) is 4.79 Å². The third kappa shape index (κ3) is 5.07. The molecule has 7 nitrogen and oxygen atoms in total. The highest BCUT2D eigenvalue weighted by Crippen LogP contribution is 2.20. The van der Waals surface area contributed by atoms with Gasteiger partial charge < -0.3 is 14.5 Å². The van der Waals surface area contributed by atoms with Crippen LogP contribution in [0.25, 0.3) is 0 Å². The maximum absolute atomic E-state index is 12.7. The van der Waals surface area contributed by atoms with E-state index >= 15 is 0 Å². The molecule has 29 heavy (non-hydrogen) atoms. The first-order chi connectivity index (χ1) is 13.8. The van der Waals surface area contributed by atoms with E-state index in [9.17, 15) is 13.2 Å². The zero-order valence-electron chi connectivity index (χ0n) is 17.0. The lowest BCUT2D eigenvalue weighted by atomic mass is 10.0. The predicted molar refractivity (Wildman–Crippen MR) is 113 cm³/mol. The number of carbonyl (C=O) groups excluding carboxylic acids is 1. The van der Waals surface area contributed by atoms with Crippen LogP contribution in [0.4, 0.5) is 5.69 Å². The maximum Gasteiger partial charge on any atom is 0.253 e. The van der Waals surface area contributed by atoms with E-state index in [0.717, 1.165) is 5.69 Å². The molecule has 0 aromatic heterocycles. The van der Waals surface area contributed by atoms with Gasteiger partial charge in [0.15, 0.2) is 0 Å². The molecule has 2 aromatic carbocycles. The predicted octanol–water partition coefficient (Wildman–Crippen LogP) is 2.34. The summed E-state index contributed by atoms with van der Waals surface area (Å²) < 4.78 is 33.0. The van der Waals surface area contributed by atoms with Gasteiger partial charge in [-0.1, -0.05) is 0 Å². The van der Waals surface area contributed by atoms with Crippen LogP contribution in [0.2, 0.25) is 0 Å². The van der Waals surface area contributed by atoms with Gasteiger partial charge in [-0.05, 0) is 61.4 Å². The van der Waals surface area contributed by atoms with Crippen LogP contribution in [-0.4, -0.2) is 59.6 Å². The second-order valence-electron chi connectivity index (χ2n) is 7.30. The molecule has 0 unspecified atom stereocenters. The molecule has 2 aromatic rings. The van der Waals surface area contributed by atoms with Crippen LogP contribution < -0.4 is 14.4 Å². The van der Waals surface area contributed by atoms with Crippen LogP contribution in [-0.2, 0) is 10.0 Å². The Balaban J connectivity index is 1.57. The summed E-state index contributed by atoms with van der Waals surface area (Å²) in [5, 5.41) is 0. The molecule has 0 saturated carbocycles. The largest absolute Gasteiger partial charge is 0.497 e. The normalized spacial score (nSPS) is 15.2. The lowest BCUT2D eigenvalue weighted by Gasteiger charge is -2.32. The van der Waals surface area contributed by atoms with Gasteiger partial charge in [0.25, 0.3) is 5.91 Å². The van der Waals surface area contributed by atoms with Gasteiger partial charge in [0.05, 0.1) is 12.0 Å². The molecule has 0 aliphatic carbocycles. The molecule has 1 aliphatic rings. The number of amides is 1. The highest BCUT2D eigenvalue weighted by Gasteiger charge is 2.27. The number of methoxy groups -OCH3 is 1. The Morgan fingerprint density at radius 3 is 2.14 bits per heavy atom. The van der Waals surface area contributed by atoms with Crippen molar-refractivity contribution in [1.29, 1.82) is 0 Å². The molecular formula is C21H27N3O4S. The summed E-state index contributed by atoms with van der Waals surface area (Å²) in [7, 11) is 1.84. The lowest BCUT2D eigenvalue weighted by Crippen LogP contribution is -2.46. The molecule has 1 heterocycles. The maximum atomic E-state index is 12.7. The fourth-order valence-electron chi connectivity index (χ4n) is 3.33. The van der Waals surface area contributed by atoms with Crippen LogP contribution in [0, 0.1) is 0 Å². The number of carbonyl (C=O) groups is 1. The average Bonchev–Trinajstić information content (AvgIpc) is 2.73. The Kier molecular flexibility index (Phi) is 6.44. The Labute approximate surface area is 172 Å². The molecule has 0 radical (unpaired) electrons. The van der Waals surface area contributed by atoms with Crippen LogP contribution in [0.1, 0.15) is 23.2 Å². The van der Waals surface area contributed by atoms with Crippen LogP contribution >= 0.6 is 0 Å². The number of ether oxygens (including phenoxy) is 1. The second-order valence-corrected chi connectivity index (χ2v) is 9.02. The minimum absolute atomic E-state index is 0.0215. The summed E-state index contributed by atoms with van der Waals surface area (Å²) in [6, 6.07) is 13.6. The zero-order chi connectivity index (χ0) is 21.0. The number of benzene rings is 2. The number of nitrogens with one attached hydrogen (secondary N) is 1. The molecule has 0 spiro atoms. The van der Waals surface area contributed by atoms with E-state index in [1.54, 1.807) is 17.0 Å². The van der Waals surface area contributed by atoms with Gasteiger partial charge in [0, 0.05) is 44.5 Å². The summed E-state index contributed by atoms with van der Waals surface area (Å²) in [5.41, 5.74) is 1.68. The van der Waals surface area contributed by atoms with Crippen molar-refractivity contribution in [2.45, 2.75) is 23.8 Å². The molecular weight excluding hydrogens is 390 g/mol. The Bertz CT molecular complexity index is 933. The second kappa shape index (κ2) is 8.84. The highest BCUT2D eigenvalue weighted by atomic mass is 32.2. The first-order valence-corrected chi connectivity index (χ1v) is 11.0. The van der Waals surface area contributed by atoms with E-state index in [0.29, 0.717) is 37.2 Å². The Hall–Kier alpha value is -2.58. The number of sulfonamides is 1. The number of rotatable bonds is 6. The number of piperidine rings is 1. The number of hydrogen-bond acceptors (Lipinski definition) is 5. The van der Waals surface area contributed by atoms with Crippen molar-refractivity contribution in [3.05, 3.63) is 54.1 Å². The highest BCUT2D eigenvalue weighted by molar-refractivity contribution is 7.89. The van der Waals surface area contributed by atoms with E-state index in [4.69, 9.17) is 4.74 Å². The minimum atomic E-state index is -3.60. The van der Waals surface area contributed by atoms with Crippen molar-refractivity contribution in [3.63, 3.8) is 0 Å². The first kappa shape index (κ1) is 21.1. The number of anilines is 1. The molecule has 8 heteroatoms. The van der Waals surface area contributed by atoms with Crippen molar-refractivity contribution in [2.24, 2.45) is 0 Å². The van der Waals surface area contributed by atoms with E-state index in [-0.39, 0.29) is 16.8 Å². The van der Waals surface area contributed by atoms with Crippen molar-refractivity contribution in [1.82, 2.24) is 9.62 Å². The van der Waals surface area contributed by atoms with Gasteiger partial charge in [-0.2, -0.15) is 0 Å². The van der Waals surface area contributed by atoms with Gasteiger partial charge in [0.2, 0.25) is 10.0 Å². The van der Waals surface area contributed by atoms with Crippen molar-refractivity contribution in [2.75, 3.05) is 39.2 Å². The number of hydrogen-bond donors (Lipinski definition) is 1. The summed E-state index contributed by atoms with van der Waals surface area (Å²) in [6.07, 6.45) is 1.16. The van der Waals surface area contributed by atoms with Gasteiger partial charge >= 0.3 is 0 Å². The Morgan fingerprint density at radius 1 is 1.03 bits per heavy atom. The minimum Gasteiger partial charge on any atom is -0.497 e. The van der Waals surface area contributed by atoms with E-state index in [1.165, 1.54) is 19.2 Å². The fourth-order valence-corrected chi connectivity index (χ4v) is 4.63. The molecule has 0 atom stereocenters. The lowest BCUT2D eigenvalue weighted by molar-refractivity contribution is 0.0711. The number of nitrogens with zero attached hydrogens (tertiary/aromatic N) is 2. The van der Waals surface area contributed by atoms with Gasteiger partial charge in [0.1, 0.15) is 5.75 Å². The molecule has 3 rings (SSSR count). The summed E-state index contributed by atoms with van der Waals surface area (Å²) >= 11 is 0. The molecule has 156 valence electrons. The van der Waals surface area contributed by atoms with E-state index < -0.39 is 10.0 Å². The molecule has 0 bridgehead atoms. The number of likely N-dealkylation sites (tertiary alicyclic amines) is 1. The summed E-state index contributed by atoms with van der Waals surface area (Å²) in [4.78, 5) is 16.7. The quantitative estimate of drug-likeness (QED) is 0.781. The third-order valence-electron chi connectivity index (χ3n) is 5.10. The zero-order valence-corrected chi connectivity index (χ0v) is 17.8. The van der Waals surface area contributed by atoms with Crippen LogP contribution in [0.3, 0.4) is 0 Å².